The maximum absolute atomic E-state index is 13.3. The largest absolute Gasteiger partial charge is 0.345 e. The Bertz CT molecular complexity index is 1360. The number of rotatable bonds is 2. The molecular formula is C24H21N5O2. The highest BCUT2D eigenvalue weighted by Crippen LogP contribution is 2.37. The van der Waals surface area contributed by atoms with Crippen molar-refractivity contribution in [1.82, 2.24) is 24.4 Å². The fourth-order valence-corrected chi connectivity index (χ4v) is 5.06. The van der Waals surface area contributed by atoms with E-state index in [0.29, 0.717) is 25.2 Å². The Morgan fingerprint density at radius 3 is 2.84 bits per heavy atom. The van der Waals surface area contributed by atoms with E-state index < -0.39 is 0 Å². The molecule has 1 N–H and O–H groups in total. The number of piperidine rings is 1. The Morgan fingerprint density at radius 1 is 1.03 bits per heavy atom. The summed E-state index contributed by atoms with van der Waals surface area (Å²) in [5.74, 6) is 0.455. The average molecular weight is 411 g/mol. The van der Waals surface area contributed by atoms with Crippen LogP contribution in [0.25, 0.3) is 22.3 Å². The number of likely N-dealkylation sites (tertiary alicyclic amines) is 1. The van der Waals surface area contributed by atoms with Gasteiger partial charge in [0.2, 0.25) is 0 Å². The molecule has 4 aromatic rings. The van der Waals surface area contributed by atoms with Gasteiger partial charge in [0.25, 0.3) is 11.5 Å². The first-order chi connectivity index (χ1) is 15.2. The molecule has 7 nitrogen and oxygen atoms in total. The minimum atomic E-state index is 0.0114. The lowest BCUT2D eigenvalue weighted by molar-refractivity contribution is 0.0595. The monoisotopic (exact) mass is 411 g/mol. The number of fused-ring (bicyclic) bond motifs is 5. The maximum atomic E-state index is 13.3. The van der Waals surface area contributed by atoms with E-state index in [0.717, 1.165) is 34.4 Å². The summed E-state index contributed by atoms with van der Waals surface area (Å²) >= 11 is 0. The second-order valence-corrected chi connectivity index (χ2v) is 8.48. The van der Waals surface area contributed by atoms with Crippen LogP contribution in [0.1, 0.15) is 28.4 Å². The van der Waals surface area contributed by atoms with Crippen LogP contribution in [0, 0.1) is 5.92 Å². The van der Waals surface area contributed by atoms with Crippen LogP contribution in [0.3, 0.4) is 0 Å². The van der Waals surface area contributed by atoms with Crippen LogP contribution in [-0.4, -0.2) is 43.4 Å². The van der Waals surface area contributed by atoms with Gasteiger partial charge in [0, 0.05) is 54.6 Å². The summed E-state index contributed by atoms with van der Waals surface area (Å²) in [4.78, 5) is 39.8. The van der Waals surface area contributed by atoms with Crippen molar-refractivity contribution in [1.29, 1.82) is 0 Å². The molecule has 1 saturated heterocycles. The zero-order valence-corrected chi connectivity index (χ0v) is 16.9. The molecule has 2 bridgehead atoms. The number of hydrogen-bond donors (Lipinski definition) is 1. The Hall–Kier alpha value is -3.74. The first kappa shape index (κ1) is 18.1. The van der Waals surface area contributed by atoms with Gasteiger partial charge < -0.3 is 14.5 Å². The second-order valence-electron chi connectivity index (χ2n) is 8.48. The summed E-state index contributed by atoms with van der Waals surface area (Å²) in [5.41, 5.74) is 5.02. The fraction of sp³-hybridized carbons (Fsp3) is 0.250. The van der Waals surface area contributed by atoms with Gasteiger partial charge in [0.15, 0.2) is 0 Å². The molecule has 1 fully saturated rings. The smallest absolute Gasteiger partial charge is 0.253 e. The number of imidazole rings is 1. The molecule has 0 spiro atoms. The zero-order chi connectivity index (χ0) is 20.9. The molecule has 0 radical (unpaired) electrons. The molecule has 31 heavy (non-hydrogen) atoms. The summed E-state index contributed by atoms with van der Waals surface area (Å²) in [5, 5.41) is 0. The van der Waals surface area contributed by atoms with Gasteiger partial charge >= 0.3 is 0 Å². The maximum Gasteiger partial charge on any atom is 0.253 e. The number of pyridine rings is 2. The van der Waals surface area contributed by atoms with Gasteiger partial charge in [-0.2, -0.15) is 0 Å². The number of amides is 1. The Kier molecular flexibility index (Phi) is 4.02. The summed E-state index contributed by atoms with van der Waals surface area (Å²) in [6.45, 7) is 1.93. The van der Waals surface area contributed by atoms with Crippen molar-refractivity contribution in [3.63, 3.8) is 0 Å². The van der Waals surface area contributed by atoms with E-state index in [1.54, 1.807) is 18.6 Å². The van der Waals surface area contributed by atoms with Crippen LogP contribution in [-0.2, 0) is 6.54 Å². The van der Waals surface area contributed by atoms with Crippen molar-refractivity contribution >= 4 is 16.9 Å². The third kappa shape index (κ3) is 3.04. The zero-order valence-electron chi connectivity index (χ0n) is 16.9. The number of aromatic nitrogens is 4. The molecule has 0 saturated carbocycles. The number of carbonyl (C=O) groups excluding carboxylic acids is 1. The SMILES string of the molecule is O=C(c1ccc2nc[nH]c2c1)N1C[C@@H]2C[C@H](C1)c1cc(-c3ccccn3)cc(=O)n1C2. The molecule has 6 rings (SSSR count). The molecule has 2 aliphatic rings. The van der Waals surface area contributed by atoms with Gasteiger partial charge in [-0.1, -0.05) is 6.07 Å². The Labute approximate surface area is 178 Å². The van der Waals surface area contributed by atoms with E-state index in [1.165, 1.54) is 0 Å². The number of nitrogens with one attached hydrogen (secondary N) is 1. The molecule has 0 unspecified atom stereocenters. The van der Waals surface area contributed by atoms with E-state index in [-0.39, 0.29) is 23.3 Å². The molecule has 5 heterocycles. The molecule has 0 aliphatic carbocycles. The topological polar surface area (TPSA) is 83.9 Å². The molecular weight excluding hydrogens is 390 g/mol. The van der Waals surface area contributed by atoms with Gasteiger partial charge in [0.05, 0.1) is 23.1 Å². The van der Waals surface area contributed by atoms with E-state index in [4.69, 9.17) is 0 Å². The van der Waals surface area contributed by atoms with Crippen molar-refractivity contribution < 1.29 is 4.79 Å². The highest BCUT2D eigenvalue weighted by atomic mass is 16.2. The van der Waals surface area contributed by atoms with Gasteiger partial charge in [0.1, 0.15) is 0 Å². The van der Waals surface area contributed by atoms with Crippen molar-refractivity contribution in [2.45, 2.75) is 18.9 Å². The van der Waals surface area contributed by atoms with E-state index in [1.807, 2.05) is 45.9 Å². The second kappa shape index (κ2) is 6.91. The normalized spacial score (nSPS) is 19.9. The number of hydrogen-bond acceptors (Lipinski definition) is 4. The average Bonchev–Trinajstić information content (AvgIpc) is 3.27. The minimum absolute atomic E-state index is 0.0114. The predicted molar refractivity (Wildman–Crippen MR) is 117 cm³/mol. The molecule has 3 aromatic heterocycles. The molecule has 1 amide bonds. The van der Waals surface area contributed by atoms with Crippen LogP contribution in [0.5, 0.6) is 0 Å². The van der Waals surface area contributed by atoms with Crippen molar-refractivity contribution in [2.75, 3.05) is 13.1 Å². The van der Waals surface area contributed by atoms with E-state index >= 15 is 0 Å². The fourth-order valence-electron chi connectivity index (χ4n) is 5.06. The highest BCUT2D eigenvalue weighted by Gasteiger charge is 2.37. The van der Waals surface area contributed by atoms with Crippen LogP contribution in [0.15, 0.2) is 65.8 Å². The summed E-state index contributed by atoms with van der Waals surface area (Å²) in [7, 11) is 0. The number of H-pyrrole nitrogens is 1. The number of carbonyl (C=O) groups is 1. The molecule has 1 aromatic carbocycles. The third-order valence-electron chi connectivity index (χ3n) is 6.47. The van der Waals surface area contributed by atoms with Crippen LogP contribution in [0.4, 0.5) is 0 Å². The van der Waals surface area contributed by atoms with Crippen LogP contribution >= 0.6 is 0 Å². The summed E-state index contributed by atoms with van der Waals surface area (Å²) < 4.78 is 1.89. The van der Waals surface area contributed by atoms with Crippen molar-refractivity contribution in [3.05, 3.63) is 82.7 Å². The third-order valence-corrected chi connectivity index (χ3v) is 6.47. The number of nitrogens with zero attached hydrogens (tertiary/aromatic N) is 4. The van der Waals surface area contributed by atoms with Crippen LogP contribution in [0.2, 0.25) is 0 Å². The number of aromatic amines is 1. The first-order valence-electron chi connectivity index (χ1n) is 10.5. The lowest BCUT2D eigenvalue weighted by Crippen LogP contribution is -2.49. The quantitative estimate of drug-likeness (QED) is 0.550. The minimum Gasteiger partial charge on any atom is -0.345 e. The van der Waals surface area contributed by atoms with E-state index in [9.17, 15) is 9.59 Å². The molecule has 2 aliphatic heterocycles. The van der Waals surface area contributed by atoms with Crippen molar-refractivity contribution in [3.8, 4) is 11.3 Å². The van der Waals surface area contributed by atoms with Gasteiger partial charge in [-0.3, -0.25) is 14.6 Å². The van der Waals surface area contributed by atoms with Crippen LogP contribution < -0.4 is 5.56 Å². The van der Waals surface area contributed by atoms with Crippen molar-refractivity contribution in [2.24, 2.45) is 5.92 Å². The van der Waals surface area contributed by atoms with Gasteiger partial charge in [-0.05, 0) is 48.7 Å². The lowest BCUT2D eigenvalue weighted by Gasteiger charge is -2.43. The molecule has 7 heteroatoms. The van der Waals surface area contributed by atoms with Gasteiger partial charge in [-0.25, -0.2) is 4.98 Å². The first-order valence-corrected chi connectivity index (χ1v) is 10.5. The summed E-state index contributed by atoms with van der Waals surface area (Å²) in [6, 6.07) is 15.0. The summed E-state index contributed by atoms with van der Waals surface area (Å²) in [6.07, 6.45) is 4.37. The Morgan fingerprint density at radius 2 is 1.97 bits per heavy atom. The van der Waals surface area contributed by atoms with Gasteiger partial charge in [-0.15, -0.1) is 0 Å². The molecule has 154 valence electrons. The number of benzene rings is 1. The standard InChI is InChI=1S/C24H21N5O2/c30-23-10-17(19-3-1-2-6-25-19)9-22-18-7-15(12-29(22)23)11-28(13-18)24(31)16-4-5-20-21(8-16)27-14-26-20/h1-6,8-10,14-15,18H,7,11-13H2,(H,26,27)/t15-,18+/m0/s1. The predicted octanol–water partition coefficient (Wildman–Crippen LogP) is 3.05. The lowest BCUT2D eigenvalue weighted by atomic mass is 9.82. The highest BCUT2D eigenvalue weighted by molar-refractivity contribution is 5.97. The molecule has 2 atom stereocenters. The Balaban J connectivity index is 1.34. The van der Waals surface area contributed by atoms with E-state index in [2.05, 4.69) is 21.0 Å².